The van der Waals surface area contributed by atoms with Crippen molar-refractivity contribution in [3.05, 3.63) is 30.1 Å². The first-order chi connectivity index (χ1) is 12.7. The number of carbonyl (C=O) groups is 2. The van der Waals surface area contributed by atoms with E-state index in [0.717, 1.165) is 18.4 Å². The number of hydrogen-bond donors (Lipinski definition) is 1. The van der Waals surface area contributed by atoms with Crippen LogP contribution in [0.3, 0.4) is 0 Å². The van der Waals surface area contributed by atoms with Crippen molar-refractivity contribution in [3.63, 3.8) is 0 Å². The van der Waals surface area contributed by atoms with Gasteiger partial charge in [0.25, 0.3) is 5.91 Å². The zero-order valence-electron chi connectivity index (χ0n) is 15.3. The van der Waals surface area contributed by atoms with Crippen molar-refractivity contribution in [3.8, 4) is 0 Å². The predicted molar refractivity (Wildman–Crippen MR) is 94.5 cm³/mol. The highest BCUT2D eigenvalue weighted by molar-refractivity contribution is 5.89. The van der Waals surface area contributed by atoms with Gasteiger partial charge in [-0.25, -0.2) is 4.79 Å². The summed E-state index contributed by atoms with van der Waals surface area (Å²) in [6.07, 6.45) is 4.52. The Morgan fingerprint density at radius 3 is 2.58 bits per heavy atom. The third-order valence-corrected chi connectivity index (χ3v) is 5.08. The van der Waals surface area contributed by atoms with Crippen molar-refractivity contribution in [2.24, 2.45) is 0 Å². The second-order valence-electron chi connectivity index (χ2n) is 6.53. The van der Waals surface area contributed by atoms with E-state index >= 15 is 0 Å². The zero-order valence-corrected chi connectivity index (χ0v) is 15.3. The molecule has 1 aromatic heterocycles. The van der Waals surface area contributed by atoms with Crippen LogP contribution in [-0.4, -0.2) is 79.3 Å². The van der Waals surface area contributed by atoms with E-state index in [1.165, 1.54) is 0 Å². The Bertz CT molecular complexity index is 619. The first-order valence-corrected chi connectivity index (χ1v) is 8.96. The average molecular weight is 362 g/mol. The maximum Gasteiger partial charge on any atom is 0.317 e. The highest BCUT2D eigenvalue weighted by Gasteiger charge is 2.52. The molecular weight excluding hydrogens is 336 g/mol. The molecule has 8 nitrogen and oxygen atoms in total. The smallest absolute Gasteiger partial charge is 0.317 e. The van der Waals surface area contributed by atoms with Gasteiger partial charge in [-0.15, -0.1) is 0 Å². The third-order valence-electron chi connectivity index (χ3n) is 5.08. The van der Waals surface area contributed by atoms with E-state index in [-0.39, 0.29) is 24.0 Å². The van der Waals surface area contributed by atoms with E-state index in [0.29, 0.717) is 26.3 Å². The minimum absolute atomic E-state index is 0.0151. The van der Waals surface area contributed by atoms with Crippen molar-refractivity contribution in [1.82, 2.24) is 20.1 Å². The summed E-state index contributed by atoms with van der Waals surface area (Å²) in [5.41, 5.74) is 1.02. The van der Waals surface area contributed by atoms with Crippen molar-refractivity contribution >= 4 is 11.9 Å². The molecule has 0 bridgehead atoms. The second-order valence-corrected chi connectivity index (χ2v) is 6.53. The fourth-order valence-corrected chi connectivity index (χ4v) is 3.71. The van der Waals surface area contributed by atoms with E-state index in [1.54, 1.807) is 31.5 Å². The number of likely N-dealkylation sites (tertiary alicyclic amines) is 2. The Balaban J connectivity index is 1.69. The fraction of sp³-hybridized carbons (Fsp3) is 0.611. The van der Waals surface area contributed by atoms with Gasteiger partial charge in [0.2, 0.25) is 0 Å². The molecule has 3 rings (SSSR count). The largest absolute Gasteiger partial charge is 0.382 e. The first kappa shape index (κ1) is 18.6. The lowest BCUT2D eigenvalue weighted by Gasteiger charge is -2.52. The Kier molecular flexibility index (Phi) is 6.05. The van der Waals surface area contributed by atoms with Crippen LogP contribution < -0.4 is 5.32 Å². The van der Waals surface area contributed by atoms with E-state index in [9.17, 15) is 9.59 Å². The summed E-state index contributed by atoms with van der Waals surface area (Å²) in [6, 6.07) is 3.79. The van der Waals surface area contributed by atoms with Crippen LogP contribution in [0, 0.1) is 0 Å². The van der Waals surface area contributed by atoms with Gasteiger partial charge < -0.3 is 24.6 Å². The van der Waals surface area contributed by atoms with Crippen molar-refractivity contribution < 1.29 is 19.1 Å². The van der Waals surface area contributed by atoms with E-state index in [1.807, 2.05) is 17.0 Å². The first-order valence-electron chi connectivity index (χ1n) is 8.96. The van der Waals surface area contributed by atoms with Crippen LogP contribution in [0.15, 0.2) is 24.5 Å². The molecule has 0 unspecified atom stereocenters. The molecule has 2 aliphatic heterocycles. The number of rotatable bonds is 6. The molecule has 1 N–H and O–H groups in total. The maximum absolute atomic E-state index is 12.8. The quantitative estimate of drug-likeness (QED) is 0.598. The topological polar surface area (TPSA) is 84.0 Å². The summed E-state index contributed by atoms with van der Waals surface area (Å²) < 4.78 is 10.8. The molecule has 8 heteroatoms. The number of urea groups is 1. The molecular formula is C18H26N4O4. The van der Waals surface area contributed by atoms with Gasteiger partial charge in [0.05, 0.1) is 19.3 Å². The van der Waals surface area contributed by atoms with E-state index < -0.39 is 6.10 Å². The molecule has 3 heterocycles. The Labute approximate surface area is 153 Å². The molecule has 142 valence electrons. The van der Waals surface area contributed by atoms with Gasteiger partial charge in [-0.3, -0.25) is 9.78 Å². The lowest BCUT2D eigenvalue weighted by molar-refractivity contribution is -0.183. The lowest BCUT2D eigenvalue weighted by atomic mass is 9.86. The third kappa shape index (κ3) is 3.66. The number of ether oxygens (including phenoxy) is 2. The number of amides is 3. The fourth-order valence-electron chi connectivity index (χ4n) is 3.71. The normalized spacial score (nSPS) is 23.7. The number of nitrogens with one attached hydrogen (secondary N) is 1. The summed E-state index contributed by atoms with van der Waals surface area (Å²) in [5.74, 6) is 0.0151. The van der Waals surface area contributed by atoms with E-state index in [2.05, 4.69) is 10.3 Å². The number of aromatic nitrogens is 1. The maximum atomic E-state index is 12.8. The number of carbonyl (C=O) groups excluding carboxylic acids is 2. The molecule has 26 heavy (non-hydrogen) atoms. The molecule has 0 aliphatic carbocycles. The molecule has 2 saturated heterocycles. The van der Waals surface area contributed by atoms with Gasteiger partial charge in [0.1, 0.15) is 0 Å². The van der Waals surface area contributed by atoms with Gasteiger partial charge in [-0.2, -0.15) is 0 Å². The molecule has 2 atom stereocenters. The molecule has 0 radical (unpaired) electrons. The van der Waals surface area contributed by atoms with Crippen LogP contribution in [0.5, 0.6) is 0 Å². The average Bonchev–Trinajstić information content (AvgIpc) is 2.69. The van der Waals surface area contributed by atoms with Gasteiger partial charge in [0.15, 0.2) is 6.10 Å². The second kappa shape index (κ2) is 8.46. The Morgan fingerprint density at radius 1 is 1.27 bits per heavy atom. The van der Waals surface area contributed by atoms with Gasteiger partial charge in [-0.05, 0) is 30.5 Å². The molecule has 3 amide bonds. The molecule has 2 aliphatic rings. The summed E-state index contributed by atoms with van der Waals surface area (Å²) in [6.45, 7) is 2.13. The van der Waals surface area contributed by atoms with Crippen LogP contribution in [0.4, 0.5) is 4.79 Å². The summed E-state index contributed by atoms with van der Waals surface area (Å²) in [5, 5.41) is 2.65. The lowest BCUT2D eigenvalue weighted by Crippen LogP contribution is -2.65. The Morgan fingerprint density at radius 2 is 1.96 bits per heavy atom. The van der Waals surface area contributed by atoms with Crippen LogP contribution >= 0.6 is 0 Å². The Hall–Kier alpha value is -2.19. The van der Waals surface area contributed by atoms with Crippen LogP contribution in [0.1, 0.15) is 24.4 Å². The van der Waals surface area contributed by atoms with Crippen molar-refractivity contribution in [2.75, 3.05) is 40.5 Å². The molecule has 2 fully saturated rings. The van der Waals surface area contributed by atoms with Gasteiger partial charge in [-0.1, -0.05) is 0 Å². The minimum atomic E-state index is -0.482. The predicted octanol–water partition coefficient (Wildman–Crippen LogP) is 0.800. The molecule has 0 aromatic carbocycles. The van der Waals surface area contributed by atoms with Gasteiger partial charge in [0, 0.05) is 45.7 Å². The van der Waals surface area contributed by atoms with Crippen molar-refractivity contribution in [2.45, 2.75) is 31.0 Å². The SMILES string of the molecule is CNC(=O)N1CCC(N2C(=O)[C@H](OCCOC)[C@@H]2c2ccncc2)CC1. The number of hydrogen-bond acceptors (Lipinski definition) is 5. The summed E-state index contributed by atoms with van der Waals surface area (Å²) in [4.78, 5) is 32.3. The van der Waals surface area contributed by atoms with Crippen LogP contribution in [0.25, 0.3) is 0 Å². The van der Waals surface area contributed by atoms with Crippen LogP contribution in [-0.2, 0) is 14.3 Å². The number of methoxy groups -OCH3 is 1. The number of piperidine rings is 1. The monoisotopic (exact) mass is 362 g/mol. The number of nitrogens with zero attached hydrogens (tertiary/aromatic N) is 3. The summed E-state index contributed by atoms with van der Waals surface area (Å²) in [7, 11) is 3.24. The number of β-lactam (4-membered cyclic amide) rings is 1. The van der Waals surface area contributed by atoms with Crippen LogP contribution in [0.2, 0.25) is 0 Å². The standard InChI is InChI=1S/C18H26N4O4/c1-19-18(24)21-9-5-14(6-10-21)22-15(13-3-7-20-8-4-13)16(17(22)23)26-12-11-25-2/h3-4,7-8,14-16H,5-6,9-12H2,1-2H3,(H,19,24)/t15-,16+/m0/s1. The molecule has 0 saturated carbocycles. The molecule has 1 aromatic rings. The number of pyridine rings is 1. The van der Waals surface area contributed by atoms with E-state index in [4.69, 9.17) is 9.47 Å². The minimum Gasteiger partial charge on any atom is -0.382 e. The highest BCUT2D eigenvalue weighted by atomic mass is 16.5. The van der Waals surface area contributed by atoms with Crippen molar-refractivity contribution in [1.29, 1.82) is 0 Å². The van der Waals surface area contributed by atoms with Gasteiger partial charge >= 0.3 is 6.03 Å². The zero-order chi connectivity index (χ0) is 18.5. The molecule has 0 spiro atoms. The summed E-state index contributed by atoms with van der Waals surface area (Å²) >= 11 is 0. The highest BCUT2D eigenvalue weighted by Crippen LogP contribution is 2.40.